The Labute approximate surface area is 89.4 Å². The van der Waals surface area contributed by atoms with Crippen LogP contribution in [-0.4, -0.2) is 25.3 Å². The summed E-state index contributed by atoms with van der Waals surface area (Å²) in [4.78, 5) is 0. The highest BCUT2D eigenvalue weighted by Gasteiger charge is 2.33. The summed E-state index contributed by atoms with van der Waals surface area (Å²) in [5.41, 5.74) is -0.0767. The molecule has 0 aromatic rings. The van der Waals surface area contributed by atoms with Crippen LogP contribution in [0.3, 0.4) is 0 Å². The molecule has 86 valence electrons. The van der Waals surface area contributed by atoms with Crippen LogP contribution in [0.25, 0.3) is 0 Å². The minimum Gasteiger partial charge on any atom is -0.377 e. The van der Waals surface area contributed by atoms with Gasteiger partial charge in [0.2, 0.25) is 0 Å². The molecule has 2 heteroatoms. The molecule has 0 aliphatic rings. The lowest BCUT2D eigenvalue weighted by molar-refractivity contribution is -0.0285. The molecule has 0 aromatic heterocycles. The molecule has 0 amide bonds. The molecule has 0 rings (SSSR count). The second-order valence-electron chi connectivity index (χ2n) is 4.42. The Balaban J connectivity index is 4.55. The maximum absolute atomic E-state index is 5.57. The summed E-state index contributed by atoms with van der Waals surface area (Å²) in [6, 6.07) is 0.451. The number of hydrogen-bond donors (Lipinski definition) is 1. The summed E-state index contributed by atoms with van der Waals surface area (Å²) in [5, 5.41) is 3.55. The summed E-state index contributed by atoms with van der Waals surface area (Å²) >= 11 is 0. The third-order valence-corrected chi connectivity index (χ3v) is 3.22. The molecule has 0 saturated carbocycles. The zero-order chi connectivity index (χ0) is 11.2. The number of likely N-dealkylation sites (N-methyl/N-ethyl adjacent to an activating group) is 1. The van der Waals surface area contributed by atoms with E-state index in [0.29, 0.717) is 12.0 Å². The number of hydrogen-bond acceptors (Lipinski definition) is 2. The van der Waals surface area contributed by atoms with Crippen LogP contribution < -0.4 is 5.32 Å². The molecule has 1 N–H and O–H groups in total. The van der Waals surface area contributed by atoms with Gasteiger partial charge in [-0.25, -0.2) is 0 Å². The first kappa shape index (κ1) is 13.9. The summed E-state index contributed by atoms with van der Waals surface area (Å²) in [5.74, 6) is 0.699. The molecule has 1 atom stereocenters. The second-order valence-corrected chi connectivity index (χ2v) is 4.42. The van der Waals surface area contributed by atoms with Crippen LogP contribution in [0.4, 0.5) is 0 Å². The minimum absolute atomic E-state index is 0.0767. The van der Waals surface area contributed by atoms with Crippen molar-refractivity contribution in [2.45, 2.75) is 59.1 Å². The van der Waals surface area contributed by atoms with E-state index in [-0.39, 0.29) is 5.60 Å². The van der Waals surface area contributed by atoms with Gasteiger partial charge in [0, 0.05) is 13.2 Å². The monoisotopic (exact) mass is 201 g/mol. The molecule has 0 saturated heterocycles. The summed E-state index contributed by atoms with van der Waals surface area (Å²) in [7, 11) is 1.80. The molecule has 2 nitrogen and oxygen atoms in total. The number of methoxy groups -OCH3 is 1. The smallest absolute Gasteiger partial charge is 0.0777 e. The molecule has 0 spiro atoms. The van der Waals surface area contributed by atoms with E-state index in [9.17, 15) is 0 Å². The van der Waals surface area contributed by atoms with E-state index in [1.807, 2.05) is 0 Å². The highest BCUT2D eigenvalue weighted by atomic mass is 16.5. The predicted octanol–water partition coefficient (Wildman–Crippen LogP) is 2.83. The van der Waals surface area contributed by atoms with E-state index in [4.69, 9.17) is 4.74 Å². The third-order valence-electron chi connectivity index (χ3n) is 3.22. The van der Waals surface area contributed by atoms with Crippen LogP contribution in [-0.2, 0) is 4.74 Å². The minimum atomic E-state index is -0.0767. The highest BCUT2D eigenvalue weighted by molar-refractivity contribution is 4.89. The average Bonchev–Trinajstić information content (AvgIpc) is 2.18. The van der Waals surface area contributed by atoms with Crippen molar-refractivity contribution in [2.75, 3.05) is 13.7 Å². The fourth-order valence-electron chi connectivity index (χ4n) is 2.09. The van der Waals surface area contributed by atoms with E-state index in [0.717, 1.165) is 6.54 Å². The Morgan fingerprint density at radius 3 is 1.93 bits per heavy atom. The normalized spacial score (nSPS) is 14.8. The number of nitrogens with one attached hydrogen (secondary N) is 1. The van der Waals surface area contributed by atoms with Gasteiger partial charge in [-0.15, -0.1) is 0 Å². The van der Waals surface area contributed by atoms with Crippen LogP contribution in [0.2, 0.25) is 0 Å². The van der Waals surface area contributed by atoms with Crippen molar-refractivity contribution in [1.29, 1.82) is 0 Å². The van der Waals surface area contributed by atoms with Crippen molar-refractivity contribution in [3.05, 3.63) is 0 Å². The van der Waals surface area contributed by atoms with Crippen LogP contribution in [0.1, 0.15) is 47.5 Å². The first-order valence-electron chi connectivity index (χ1n) is 5.81. The zero-order valence-electron chi connectivity index (χ0n) is 10.7. The Bertz CT molecular complexity index is 141. The van der Waals surface area contributed by atoms with E-state index < -0.39 is 0 Å². The van der Waals surface area contributed by atoms with Crippen LogP contribution in [0, 0.1) is 5.92 Å². The van der Waals surface area contributed by atoms with Gasteiger partial charge in [0.15, 0.2) is 0 Å². The van der Waals surface area contributed by atoms with Crippen LogP contribution >= 0.6 is 0 Å². The first-order valence-corrected chi connectivity index (χ1v) is 5.81. The molecule has 0 bridgehead atoms. The van der Waals surface area contributed by atoms with Crippen molar-refractivity contribution >= 4 is 0 Å². The molecule has 0 aromatic carbocycles. The maximum atomic E-state index is 5.57. The lowest BCUT2D eigenvalue weighted by Crippen LogP contribution is -2.52. The highest BCUT2D eigenvalue weighted by Crippen LogP contribution is 2.25. The van der Waals surface area contributed by atoms with E-state index in [1.165, 1.54) is 12.8 Å². The van der Waals surface area contributed by atoms with Crippen molar-refractivity contribution < 1.29 is 4.74 Å². The molecular weight excluding hydrogens is 174 g/mol. The molecule has 0 heterocycles. The topological polar surface area (TPSA) is 21.3 Å². The SMILES string of the molecule is CCNC(C(CC)CC)C(C)(C)OC. The molecule has 1 unspecified atom stereocenters. The predicted molar refractivity (Wildman–Crippen MR) is 62.6 cm³/mol. The van der Waals surface area contributed by atoms with E-state index >= 15 is 0 Å². The van der Waals surface area contributed by atoms with Crippen molar-refractivity contribution in [3.8, 4) is 0 Å². The van der Waals surface area contributed by atoms with Gasteiger partial charge in [-0.2, -0.15) is 0 Å². The summed E-state index contributed by atoms with van der Waals surface area (Å²) in [6.45, 7) is 12.0. The summed E-state index contributed by atoms with van der Waals surface area (Å²) in [6.07, 6.45) is 2.42. The molecule has 0 aliphatic carbocycles. The van der Waals surface area contributed by atoms with Gasteiger partial charge in [0.05, 0.1) is 5.60 Å². The van der Waals surface area contributed by atoms with Crippen molar-refractivity contribution in [2.24, 2.45) is 5.92 Å². The van der Waals surface area contributed by atoms with Crippen molar-refractivity contribution in [1.82, 2.24) is 5.32 Å². The standard InChI is InChI=1S/C12H27NO/c1-7-10(8-2)11(13-9-3)12(4,5)14-6/h10-11,13H,7-9H2,1-6H3. The fraction of sp³-hybridized carbons (Fsp3) is 1.00. The quantitative estimate of drug-likeness (QED) is 0.684. The third kappa shape index (κ3) is 3.58. The molecule has 14 heavy (non-hydrogen) atoms. The first-order chi connectivity index (χ1) is 6.53. The van der Waals surface area contributed by atoms with Gasteiger partial charge in [-0.3, -0.25) is 0 Å². The molecular formula is C12H27NO. The van der Waals surface area contributed by atoms with Gasteiger partial charge in [0.1, 0.15) is 0 Å². The van der Waals surface area contributed by atoms with Crippen LogP contribution in [0.15, 0.2) is 0 Å². The van der Waals surface area contributed by atoms with Gasteiger partial charge >= 0.3 is 0 Å². The van der Waals surface area contributed by atoms with Crippen molar-refractivity contribution in [3.63, 3.8) is 0 Å². The van der Waals surface area contributed by atoms with Gasteiger partial charge in [-0.05, 0) is 26.3 Å². The fourth-order valence-corrected chi connectivity index (χ4v) is 2.09. The second kappa shape index (κ2) is 6.41. The molecule has 0 radical (unpaired) electrons. The Morgan fingerprint density at radius 1 is 1.14 bits per heavy atom. The van der Waals surface area contributed by atoms with Crippen LogP contribution in [0.5, 0.6) is 0 Å². The summed E-state index contributed by atoms with van der Waals surface area (Å²) < 4.78 is 5.57. The van der Waals surface area contributed by atoms with Gasteiger partial charge in [-0.1, -0.05) is 33.6 Å². The molecule has 0 fully saturated rings. The number of rotatable bonds is 7. The van der Waals surface area contributed by atoms with E-state index in [1.54, 1.807) is 7.11 Å². The Morgan fingerprint density at radius 2 is 1.64 bits per heavy atom. The largest absolute Gasteiger partial charge is 0.377 e. The lowest BCUT2D eigenvalue weighted by atomic mass is 9.83. The molecule has 0 aliphatic heterocycles. The Hall–Kier alpha value is -0.0800. The zero-order valence-corrected chi connectivity index (χ0v) is 10.7. The Kier molecular flexibility index (Phi) is 6.38. The lowest BCUT2D eigenvalue weighted by Gasteiger charge is -2.38. The number of ether oxygens (including phenoxy) is 1. The maximum Gasteiger partial charge on any atom is 0.0777 e. The van der Waals surface area contributed by atoms with E-state index in [2.05, 4.69) is 39.9 Å². The average molecular weight is 201 g/mol. The van der Waals surface area contributed by atoms with Gasteiger partial charge < -0.3 is 10.1 Å². The van der Waals surface area contributed by atoms with Gasteiger partial charge in [0.25, 0.3) is 0 Å².